The molecule has 1 spiro atoms. The molecule has 6 heteroatoms. The van der Waals surface area contributed by atoms with Crippen molar-refractivity contribution in [1.29, 1.82) is 0 Å². The maximum Gasteiger partial charge on any atom is 0.339 e. The third-order valence-electron chi connectivity index (χ3n) is 4.53. The van der Waals surface area contributed by atoms with Gasteiger partial charge in [-0.25, -0.2) is 14.8 Å². The van der Waals surface area contributed by atoms with Crippen LogP contribution in [0.2, 0.25) is 0 Å². The summed E-state index contributed by atoms with van der Waals surface area (Å²) in [5.41, 5.74) is 3.25. The third kappa shape index (κ3) is 2.55. The summed E-state index contributed by atoms with van der Waals surface area (Å²) >= 11 is 0. The summed E-state index contributed by atoms with van der Waals surface area (Å²) in [6.07, 6.45) is 5.13. The first-order valence-corrected chi connectivity index (χ1v) is 8.06. The molecule has 1 saturated heterocycles. The van der Waals surface area contributed by atoms with E-state index >= 15 is 0 Å². The molecule has 2 aliphatic rings. The molecule has 0 saturated carbocycles. The molecule has 2 N–H and O–H groups in total. The van der Waals surface area contributed by atoms with Crippen molar-refractivity contribution in [3.05, 3.63) is 60.0 Å². The second kappa shape index (κ2) is 6.05. The summed E-state index contributed by atoms with van der Waals surface area (Å²) in [6, 6.07) is 11.6. The monoisotopic (exact) mass is 322 g/mol. The Labute approximate surface area is 139 Å². The van der Waals surface area contributed by atoms with Crippen LogP contribution < -0.4 is 5.32 Å². The average molecular weight is 322 g/mol. The zero-order valence-electron chi connectivity index (χ0n) is 13.2. The van der Waals surface area contributed by atoms with Crippen molar-refractivity contribution in [1.82, 2.24) is 20.3 Å². The maximum atomic E-state index is 11.7. The SMILES string of the molecule is O=C1OC2(CCNCC2)c2ccccc21.c1cnc2nc[nH]c2c1. The number of carbonyl (C=O) groups excluding carboxylic acids is 1. The number of benzene rings is 1. The fourth-order valence-corrected chi connectivity index (χ4v) is 3.32. The van der Waals surface area contributed by atoms with Crippen LogP contribution in [0, 0.1) is 0 Å². The number of esters is 1. The number of aromatic nitrogens is 3. The molecule has 4 heterocycles. The van der Waals surface area contributed by atoms with E-state index in [1.54, 1.807) is 12.5 Å². The van der Waals surface area contributed by atoms with E-state index in [9.17, 15) is 4.79 Å². The Morgan fingerprint density at radius 1 is 1.04 bits per heavy atom. The zero-order valence-corrected chi connectivity index (χ0v) is 13.2. The van der Waals surface area contributed by atoms with Crippen LogP contribution in [0.15, 0.2) is 48.9 Å². The van der Waals surface area contributed by atoms with Gasteiger partial charge in [-0.3, -0.25) is 0 Å². The van der Waals surface area contributed by atoms with Crippen LogP contribution in [0.1, 0.15) is 28.8 Å². The topological polar surface area (TPSA) is 79.9 Å². The van der Waals surface area contributed by atoms with Crippen LogP contribution in [-0.2, 0) is 10.3 Å². The summed E-state index contributed by atoms with van der Waals surface area (Å²) in [7, 11) is 0. The molecule has 0 bridgehead atoms. The smallest absolute Gasteiger partial charge is 0.339 e. The fourth-order valence-electron chi connectivity index (χ4n) is 3.32. The summed E-state index contributed by atoms with van der Waals surface area (Å²) in [6.45, 7) is 1.84. The van der Waals surface area contributed by atoms with Crippen LogP contribution in [0.25, 0.3) is 11.2 Å². The first kappa shape index (κ1) is 14.8. The number of nitrogens with one attached hydrogen (secondary N) is 2. The van der Waals surface area contributed by atoms with Crippen LogP contribution in [0.3, 0.4) is 0 Å². The highest BCUT2D eigenvalue weighted by Crippen LogP contribution is 2.42. The van der Waals surface area contributed by atoms with Gasteiger partial charge in [-0.05, 0) is 31.3 Å². The van der Waals surface area contributed by atoms with Crippen LogP contribution >= 0.6 is 0 Å². The summed E-state index contributed by atoms with van der Waals surface area (Å²) in [5, 5.41) is 3.29. The molecule has 2 aromatic heterocycles. The van der Waals surface area contributed by atoms with Crippen molar-refractivity contribution in [2.24, 2.45) is 0 Å². The number of rotatable bonds is 0. The maximum absolute atomic E-state index is 11.7. The minimum absolute atomic E-state index is 0.160. The summed E-state index contributed by atoms with van der Waals surface area (Å²) in [5.74, 6) is -0.160. The van der Waals surface area contributed by atoms with Gasteiger partial charge in [-0.15, -0.1) is 0 Å². The van der Waals surface area contributed by atoms with E-state index in [4.69, 9.17) is 4.74 Å². The van der Waals surface area contributed by atoms with E-state index in [1.807, 2.05) is 36.4 Å². The molecule has 122 valence electrons. The number of hydrogen-bond donors (Lipinski definition) is 2. The van der Waals surface area contributed by atoms with Gasteiger partial charge >= 0.3 is 5.97 Å². The van der Waals surface area contributed by atoms with Crippen molar-refractivity contribution in [3.63, 3.8) is 0 Å². The van der Waals surface area contributed by atoms with E-state index in [2.05, 4.69) is 20.3 Å². The average Bonchev–Trinajstić information content (AvgIpc) is 3.21. The summed E-state index contributed by atoms with van der Waals surface area (Å²) < 4.78 is 5.58. The molecular weight excluding hydrogens is 304 g/mol. The molecule has 0 aliphatic carbocycles. The molecule has 0 radical (unpaired) electrons. The van der Waals surface area contributed by atoms with Crippen LogP contribution in [-0.4, -0.2) is 34.0 Å². The van der Waals surface area contributed by atoms with Crippen LogP contribution in [0.4, 0.5) is 0 Å². The Bertz CT molecular complexity index is 838. The number of pyridine rings is 1. The van der Waals surface area contributed by atoms with E-state index in [-0.39, 0.29) is 11.6 Å². The number of imidazole rings is 1. The number of carbonyl (C=O) groups is 1. The predicted molar refractivity (Wildman–Crippen MR) is 89.5 cm³/mol. The van der Waals surface area contributed by atoms with Gasteiger partial charge < -0.3 is 15.0 Å². The Morgan fingerprint density at radius 3 is 2.71 bits per heavy atom. The lowest BCUT2D eigenvalue weighted by atomic mass is 9.84. The van der Waals surface area contributed by atoms with Gasteiger partial charge in [0.15, 0.2) is 5.65 Å². The second-order valence-corrected chi connectivity index (χ2v) is 5.96. The van der Waals surface area contributed by atoms with E-state index in [1.165, 1.54) is 0 Å². The molecule has 0 atom stereocenters. The summed E-state index contributed by atoms with van der Waals surface area (Å²) in [4.78, 5) is 22.6. The Balaban J connectivity index is 0.000000138. The molecule has 0 unspecified atom stereocenters. The number of H-pyrrole nitrogens is 1. The first-order valence-electron chi connectivity index (χ1n) is 8.06. The van der Waals surface area contributed by atoms with E-state index < -0.39 is 0 Å². The van der Waals surface area contributed by atoms with Crippen LogP contribution in [0.5, 0.6) is 0 Å². The minimum Gasteiger partial charge on any atom is -0.450 e. The Kier molecular flexibility index (Phi) is 3.74. The molecular formula is C18H18N4O2. The van der Waals surface area contributed by atoms with Gasteiger partial charge in [0.05, 0.1) is 17.4 Å². The molecule has 3 aromatic rings. The van der Waals surface area contributed by atoms with Gasteiger partial charge in [0, 0.05) is 24.6 Å². The van der Waals surface area contributed by atoms with Gasteiger partial charge in [0.25, 0.3) is 0 Å². The highest BCUT2D eigenvalue weighted by molar-refractivity contribution is 5.94. The number of aromatic amines is 1. The number of hydrogen-bond acceptors (Lipinski definition) is 5. The van der Waals surface area contributed by atoms with Gasteiger partial charge in [0.1, 0.15) is 5.60 Å². The lowest BCUT2D eigenvalue weighted by Gasteiger charge is -2.33. The molecule has 0 amide bonds. The lowest BCUT2D eigenvalue weighted by Crippen LogP contribution is -2.39. The van der Waals surface area contributed by atoms with Gasteiger partial charge in [-0.1, -0.05) is 18.2 Å². The first-order chi connectivity index (χ1) is 11.8. The number of piperidine rings is 1. The lowest BCUT2D eigenvalue weighted by molar-refractivity contribution is -0.0241. The van der Waals surface area contributed by atoms with Crippen molar-refractivity contribution in [2.45, 2.75) is 18.4 Å². The van der Waals surface area contributed by atoms with E-state index in [0.717, 1.165) is 48.2 Å². The Hall–Kier alpha value is -2.73. The quantitative estimate of drug-likeness (QED) is 0.621. The van der Waals surface area contributed by atoms with Crippen molar-refractivity contribution >= 4 is 17.1 Å². The molecule has 5 rings (SSSR count). The van der Waals surface area contributed by atoms with E-state index in [0.29, 0.717) is 0 Å². The molecule has 1 fully saturated rings. The highest BCUT2D eigenvalue weighted by atomic mass is 16.6. The zero-order chi connectivity index (χ0) is 16.4. The highest BCUT2D eigenvalue weighted by Gasteiger charge is 2.45. The van der Waals surface area contributed by atoms with Gasteiger partial charge in [-0.2, -0.15) is 0 Å². The van der Waals surface area contributed by atoms with Crippen molar-refractivity contribution < 1.29 is 9.53 Å². The molecule has 6 nitrogen and oxygen atoms in total. The molecule has 2 aliphatic heterocycles. The van der Waals surface area contributed by atoms with Crippen molar-refractivity contribution in [2.75, 3.05) is 13.1 Å². The predicted octanol–water partition coefficient (Wildman–Crippen LogP) is 2.39. The fraction of sp³-hybridized carbons (Fsp3) is 0.278. The number of fused-ring (bicyclic) bond motifs is 3. The number of ether oxygens (including phenoxy) is 1. The minimum atomic E-state index is -0.334. The third-order valence-corrected chi connectivity index (χ3v) is 4.53. The normalized spacial score (nSPS) is 17.9. The second-order valence-electron chi connectivity index (χ2n) is 5.96. The van der Waals surface area contributed by atoms with Gasteiger partial charge in [0.2, 0.25) is 0 Å². The molecule has 24 heavy (non-hydrogen) atoms. The number of nitrogens with zero attached hydrogens (tertiary/aromatic N) is 2. The standard InChI is InChI=1S/C12H13NO2.C6H5N3/c14-11-9-3-1-2-4-10(9)12(15-11)5-7-13-8-6-12;1-2-5-6(7-3-1)9-4-8-5/h1-4,13H,5-8H2;1-4H,(H,7,8,9). The largest absolute Gasteiger partial charge is 0.450 e. The van der Waals surface area contributed by atoms with Crippen molar-refractivity contribution in [3.8, 4) is 0 Å². The Morgan fingerprint density at radius 2 is 1.88 bits per heavy atom. The molecule has 1 aromatic carbocycles.